The Kier molecular flexibility index (Phi) is 8.70. The first-order valence-corrected chi connectivity index (χ1v) is 14.2. The number of rotatable bonds is 9. The number of hydrogen-bond acceptors (Lipinski definition) is 4. The fraction of sp³-hybridized carbons (Fsp3) is 0.500. The molecule has 0 bridgehead atoms. The second kappa shape index (κ2) is 12.3. The standard InChI is InChI=1S/C30H39ClN4O2/c1-37-29-12-6-5-11-28(29)35(25-9-3-2-4-10-25)30(36)22-34-18-16-33(17-19-34)15-7-8-23-21-32-27-14-13-24(31)20-26(23)27/h5-6,11-14,20-21,25,32H,2-4,7-10,15-19,22H2,1H3. The molecule has 7 heteroatoms. The monoisotopic (exact) mass is 522 g/mol. The van der Waals surface area contributed by atoms with Crippen molar-refractivity contribution in [1.29, 1.82) is 0 Å². The van der Waals surface area contributed by atoms with E-state index in [0.717, 1.165) is 80.4 Å². The number of nitrogens with zero attached hydrogens (tertiary/aromatic N) is 3. The lowest BCUT2D eigenvalue weighted by atomic mass is 9.93. The van der Waals surface area contributed by atoms with E-state index in [9.17, 15) is 4.79 Å². The molecular formula is C30H39ClN4O2. The quantitative estimate of drug-likeness (QED) is 0.389. The van der Waals surface area contributed by atoms with Gasteiger partial charge in [-0.05, 0) is 68.1 Å². The van der Waals surface area contributed by atoms with Crippen molar-refractivity contribution >= 4 is 34.1 Å². The summed E-state index contributed by atoms with van der Waals surface area (Å²) in [5.74, 6) is 0.978. The Morgan fingerprint density at radius 3 is 2.59 bits per heavy atom. The number of piperazine rings is 1. The van der Waals surface area contributed by atoms with Gasteiger partial charge in [-0.2, -0.15) is 0 Å². The second-order valence-electron chi connectivity index (χ2n) is 10.5. The molecule has 2 aliphatic rings. The van der Waals surface area contributed by atoms with Gasteiger partial charge < -0.3 is 19.5 Å². The third-order valence-corrected chi connectivity index (χ3v) is 8.26. The zero-order valence-corrected chi connectivity index (χ0v) is 22.7. The van der Waals surface area contributed by atoms with Crippen molar-refractivity contribution < 1.29 is 9.53 Å². The first-order chi connectivity index (χ1) is 18.1. The van der Waals surface area contributed by atoms with E-state index >= 15 is 0 Å². The number of halogens is 1. The van der Waals surface area contributed by atoms with Gasteiger partial charge in [-0.3, -0.25) is 9.69 Å². The van der Waals surface area contributed by atoms with Crippen molar-refractivity contribution in [1.82, 2.24) is 14.8 Å². The number of nitrogens with one attached hydrogen (secondary N) is 1. The van der Waals surface area contributed by atoms with Gasteiger partial charge in [0.25, 0.3) is 0 Å². The van der Waals surface area contributed by atoms with Crippen LogP contribution in [0.4, 0.5) is 5.69 Å². The normalized spacial score (nSPS) is 17.8. The van der Waals surface area contributed by atoms with Crippen LogP contribution in [0, 0.1) is 0 Å². The molecule has 0 spiro atoms. The summed E-state index contributed by atoms with van der Waals surface area (Å²) in [6.45, 7) is 5.41. The largest absolute Gasteiger partial charge is 0.495 e. The van der Waals surface area contributed by atoms with Crippen LogP contribution in [0.25, 0.3) is 10.9 Å². The highest BCUT2D eigenvalue weighted by molar-refractivity contribution is 6.31. The molecule has 198 valence electrons. The van der Waals surface area contributed by atoms with Crippen LogP contribution in [0.15, 0.2) is 48.7 Å². The molecule has 1 N–H and O–H groups in total. The van der Waals surface area contributed by atoms with Crippen LogP contribution in [0.3, 0.4) is 0 Å². The first-order valence-electron chi connectivity index (χ1n) is 13.8. The number of carbonyl (C=O) groups is 1. The van der Waals surface area contributed by atoms with E-state index in [1.54, 1.807) is 7.11 Å². The lowest BCUT2D eigenvalue weighted by Gasteiger charge is -2.38. The van der Waals surface area contributed by atoms with E-state index in [0.29, 0.717) is 6.54 Å². The summed E-state index contributed by atoms with van der Waals surface area (Å²) in [6, 6.07) is 14.3. The molecule has 6 nitrogen and oxygen atoms in total. The Hall–Kier alpha value is -2.54. The summed E-state index contributed by atoms with van der Waals surface area (Å²) in [5, 5.41) is 2.01. The molecule has 1 aliphatic carbocycles. The molecule has 1 saturated heterocycles. The summed E-state index contributed by atoms with van der Waals surface area (Å²) < 4.78 is 5.64. The number of amides is 1. The second-order valence-corrected chi connectivity index (χ2v) is 10.9. The van der Waals surface area contributed by atoms with Gasteiger partial charge in [-0.1, -0.05) is 43.0 Å². The number of aromatic nitrogens is 1. The van der Waals surface area contributed by atoms with Gasteiger partial charge in [0.15, 0.2) is 0 Å². The Morgan fingerprint density at radius 2 is 1.81 bits per heavy atom. The summed E-state index contributed by atoms with van der Waals surface area (Å²) in [6.07, 6.45) is 10.0. The number of benzene rings is 2. The predicted octanol–water partition coefficient (Wildman–Crippen LogP) is 5.75. The predicted molar refractivity (Wildman–Crippen MR) is 152 cm³/mol. The fourth-order valence-electron chi connectivity index (χ4n) is 5.99. The first kappa shape index (κ1) is 26.1. The number of methoxy groups -OCH3 is 1. The molecule has 5 rings (SSSR count). The maximum atomic E-state index is 13.7. The van der Waals surface area contributed by atoms with Gasteiger partial charge in [0, 0.05) is 54.3 Å². The van der Waals surface area contributed by atoms with Crippen LogP contribution in [-0.2, 0) is 11.2 Å². The number of anilines is 1. The van der Waals surface area contributed by atoms with E-state index < -0.39 is 0 Å². The molecule has 0 radical (unpaired) electrons. The lowest BCUT2D eigenvalue weighted by molar-refractivity contribution is -0.120. The number of carbonyl (C=O) groups excluding carboxylic acids is 1. The Morgan fingerprint density at radius 1 is 1.05 bits per heavy atom. The highest BCUT2D eigenvalue weighted by Crippen LogP contribution is 2.34. The molecule has 0 atom stereocenters. The molecule has 3 aromatic rings. The summed E-state index contributed by atoms with van der Waals surface area (Å²) >= 11 is 6.21. The van der Waals surface area contributed by atoms with Crippen LogP contribution in [0.5, 0.6) is 5.75 Å². The highest BCUT2D eigenvalue weighted by atomic mass is 35.5. The zero-order valence-electron chi connectivity index (χ0n) is 21.9. The number of H-pyrrole nitrogens is 1. The number of fused-ring (bicyclic) bond motifs is 1. The minimum absolute atomic E-state index is 0.197. The smallest absolute Gasteiger partial charge is 0.241 e. The summed E-state index contributed by atoms with van der Waals surface area (Å²) in [4.78, 5) is 24.0. The fourth-order valence-corrected chi connectivity index (χ4v) is 6.16. The maximum absolute atomic E-state index is 13.7. The van der Waals surface area contributed by atoms with Crippen LogP contribution < -0.4 is 9.64 Å². The van der Waals surface area contributed by atoms with Crippen LogP contribution >= 0.6 is 11.6 Å². The van der Waals surface area contributed by atoms with Gasteiger partial charge in [-0.25, -0.2) is 0 Å². The van der Waals surface area contributed by atoms with Crippen molar-refractivity contribution in [2.75, 3.05) is 51.3 Å². The number of aromatic amines is 1. The average Bonchev–Trinajstić information content (AvgIpc) is 3.32. The third-order valence-electron chi connectivity index (χ3n) is 8.03. The van der Waals surface area contributed by atoms with Crippen molar-refractivity contribution in [3.63, 3.8) is 0 Å². The minimum Gasteiger partial charge on any atom is -0.495 e. The van der Waals surface area contributed by atoms with Gasteiger partial charge in [0.05, 0.1) is 19.3 Å². The highest BCUT2D eigenvalue weighted by Gasteiger charge is 2.30. The summed E-state index contributed by atoms with van der Waals surface area (Å²) in [7, 11) is 1.69. The molecule has 2 fully saturated rings. The van der Waals surface area contributed by atoms with Crippen LogP contribution in [0.2, 0.25) is 5.02 Å². The van der Waals surface area contributed by atoms with Crippen molar-refractivity contribution in [2.24, 2.45) is 0 Å². The van der Waals surface area contributed by atoms with E-state index in [2.05, 4.69) is 31.9 Å². The molecule has 1 aliphatic heterocycles. The van der Waals surface area contributed by atoms with Gasteiger partial charge in [0.2, 0.25) is 5.91 Å². The number of ether oxygens (including phenoxy) is 1. The van der Waals surface area contributed by atoms with E-state index in [-0.39, 0.29) is 11.9 Å². The maximum Gasteiger partial charge on any atom is 0.241 e. The molecular weight excluding hydrogens is 484 g/mol. The Bertz CT molecular complexity index is 1180. The molecule has 0 unspecified atom stereocenters. The third kappa shape index (κ3) is 6.31. The Labute approximate surface area is 225 Å². The lowest BCUT2D eigenvalue weighted by Crippen LogP contribution is -2.52. The molecule has 37 heavy (non-hydrogen) atoms. The molecule has 1 amide bonds. The topological polar surface area (TPSA) is 51.8 Å². The van der Waals surface area contributed by atoms with Crippen LogP contribution in [-0.4, -0.2) is 73.1 Å². The number of para-hydroxylation sites is 2. The van der Waals surface area contributed by atoms with E-state index in [1.165, 1.54) is 30.2 Å². The SMILES string of the molecule is COc1ccccc1N(C(=O)CN1CCN(CCCc2c[nH]c3ccc(Cl)cc23)CC1)C1CCCCC1. The van der Waals surface area contributed by atoms with Crippen molar-refractivity contribution in [2.45, 2.75) is 51.0 Å². The van der Waals surface area contributed by atoms with Crippen molar-refractivity contribution in [3.05, 3.63) is 59.2 Å². The molecule has 2 heterocycles. The minimum atomic E-state index is 0.197. The molecule has 2 aromatic carbocycles. The van der Waals surface area contributed by atoms with Gasteiger partial charge in [0.1, 0.15) is 5.75 Å². The average molecular weight is 523 g/mol. The van der Waals surface area contributed by atoms with E-state index in [4.69, 9.17) is 16.3 Å². The zero-order chi connectivity index (χ0) is 25.6. The number of aryl methyl sites for hydroxylation is 1. The van der Waals surface area contributed by atoms with Gasteiger partial charge >= 0.3 is 0 Å². The molecule has 1 saturated carbocycles. The van der Waals surface area contributed by atoms with Crippen LogP contribution in [0.1, 0.15) is 44.1 Å². The summed E-state index contributed by atoms with van der Waals surface area (Å²) in [5.41, 5.74) is 3.40. The van der Waals surface area contributed by atoms with Crippen molar-refractivity contribution in [3.8, 4) is 5.75 Å². The van der Waals surface area contributed by atoms with E-state index in [1.807, 2.05) is 36.4 Å². The number of hydrogen-bond donors (Lipinski definition) is 1. The van der Waals surface area contributed by atoms with Gasteiger partial charge in [-0.15, -0.1) is 0 Å². The molecule has 1 aromatic heterocycles. The Balaban J connectivity index is 1.14.